The van der Waals surface area contributed by atoms with Gasteiger partial charge >= 0.3 is 5.97 Å². The second-order valence-electron chi connectivity index (χ2n) is 13.4. The van der Waals surface area contributed by atoms with E-state index in [2.05, 4.69) is 30.5 Å². The number of hydrogen-bond donors (Lipinski definition) is 5. The van der Waals surface area contributed by atoms with Crippen molar-refractivity contribution >= 4 is 87.6 Å². The molecule has 22 heteroatoms. The number of halogens is 1. The minimum absolute atomic E-state index is 0. The highest BCUT2D eigenvalue weighted by Gasteiger charge is 2.55. The van der Waals surface area contributed by atoms with Crippen LogP contribution >= 0.6 is 47.3 Å². The van der Waals surface area contributed by atoms with Gasteiger partial charge in [0.1, 0.15) is 34.4 Å². The number of hydrazine groups is 1. The van der Waals surface area contributed by atoms with Gasteiger partial charge in [0.15, 0.2) is 22.8 Å². The number of anilines is 1. The predicted molar refractivity (Wildman–Crippen MR) is 223 cm³/mol. The molecule has 308 valence electrons. The summed E-state index contributed by atoms with van der Waals surface area (Å²) >= 11 is 3.76. The molecule has 5 heterocycles. The third kappa shape index (κ3) is 9.04. The molecule has 0 bridgehead atoms. The normalized spacial score (nSPS) is 16.6. The number of nitrogen functional groups attached to an aromatic ring is 1. The number of esters is 1. The van der Waals surface area contributed by atoms with Crippen molar-refractivity contribution in [2.45, 2.75) is 55.5 Å². The van der Waals surface area contributed by atoms with Crippen molar-refractivity contribution < 1.29 is 33.9 Å². The van der Waals surface area contributed by atoms with Crippen molar-refractivity contribution in [2.24, 2.45) is 11.0 Å². The number of oxime groups is 1. The fraction of sp³-hybridized carbons (Fsp3) is 0.270. The fourth-order valence-electron chi connectivity index (χ4n) is 6.04. The highest BCUT2D eigenvalue weighted by Crippen LogP contribution is 2.43. The summed E-state index contributed by atoms with van der Waals surface area (Å²) in [5, 5.41) is 22.3. The number of fused-ring (bicyclic) bond motifs is 2. The van der Waals surface area contributed by atoms with Gasteiger partial charge in [-0.05, 0) is 43.5 Å². The van der Waals surface area contributed by atoms with E-state index < -0.39 is 46.8 Å². The summed E-state index contributed by atoms with van der Waals surface area (Å²) in [6.07, 6.45) is -0.805. The molecule has 0 spiro atoms. The van der Waals surface area contributed by atoms with E-state index in [9.17, 15) is 24.3 Å². The Morgan fingerprint density at radius 2 is 1.76 bits per heavy atom. The van der Waals surface area contributed by atoms with Gasteiger partial charge in [-0.15, -0.1) is 52.4 Å². The van der Waals surface area contributed by atoms with Crippen LogP contribution < -0.4 is 22.3 Å². The predicted octanol–water partition coefficient (Wildman–Crippen LogP) is 2.65. The number of rotatable bonds is 14. The minimum Gasteiger partial charge on any atom is -0.448 e. The zero-order valence-corrected chi connectivity index (χ0v) is 34.9. The van der Waals surface area contributed by atoms with Crippen molar-refractivity contribution in [3.8, 4) is 0 Å². The molecular formula is C37H38ClN11O7S3. The van der Waals surface area contributed by atoms with E-state index >= 15 is 0 Å². The van der Waals surface area contributed by atoms with E-state index in [-0.39, 0.29) is 52.8 Å². The zero-order valence-electron chi connectivity index (χ0n) is 31.6. The lowest BCUT2D eigenvalue weighted by Crippen LogP contribution is -2.71. The van der Waals surface area contributed by atoms with E-state index in [0.29, 0.717) is 27.8 Å². The number of amides is 3. The molecule has 0 radical (unpaired) electrons. The lowest BCUT2D eigenvalue weighted by atomic mass is 10.0. The molecule has 1 fully saturated rings. The summed E-state index contributed by atoms with van der Waals surface area (Å²) in [6.45, 7) is 4.24. The number of hydrogen-bond acceptors (Lipinski definition) is 17. The molecule has 3 amide bonds. The molecule has 3 aromatic heterocycles. The first-order valence-electron chi connectivity index (χ1n) is 17.6. The number of thioether (sulfide) groups is 2. The van der Waals surface area contributed by atoms with E-state index in [0.717, 1.165) is 22.5 Å². The molecular weight excluding hydrogens is 842 g/mol. The highest BCUT2D eigenvalue weighted by atomic mass is 35.5. The van der Waals surface area contributed by atoms with Crippen molar-refractivity contribution in [1.29, 1.82) is 0 Å². The van der Waals surface area contributed by atoms with Gasteiger partial charge in [-0.2, -0.15) is 9.50 Å². The quantitative estimate of drug-likeness (QED) is 0.0157. The minimum atomic E-state index is -1.58. The van der Waals surface area contributed by atoms with Crippen LogP contribution in [0.5, 0.6) is 0 Å². The fourth-order valence-corrected chi connectivity index (χ4v) is 9.12. The second kappa shape index (κ2) is 18.1. The van der Waals surface area contributed by atoms with Crippen LogP contribution in [0.3, 0.4) is 0 Å². The van der Waals surface area contributed by atoms with Crippen LogP contribution in [0, 0.1) is 6.92 Å². The van der Waals surface area contributed by atoms with E-state index in [1.165, 1.54) is 52.2 Å². The topological polar surface area (TPSA) is 255 Å². The number of aryl methyl sites for hydroxylation is 1. The Morgan fingerprint density at radius 3 is 2.37 bits per heavy atom. The Bertz CT molecular complexity index is 2410. The SMILES string of the molecule is Cc1cc(SCC2=C(C(=O)OC(c3ccccc3)c3ccccc3)N3C(=O)C(NC(=O)C(=NOC(C)(C)C(=O)NN)c4csc(N)n4)[C@@H]3SC2)n2nc(CO)nc2n1.Cl. The number of ether oxygens (including phenoxy) is 1. The van der Waals surface area contributed by atoms with Crippen molar-refractivity contribution in [3.63, 3.8) is 0 Å². The molecule has 2 aromatic carbocycles. The monoisotopic (exact) mass is 879 g/mol. The third-order valence-electron chi connectivity index (χ3n) is 8.97. The number of thiazole rings is 1. The number of nitrogens with one attached hydrogen (secondary N) is 2. The molecule has 2 aliphatic heterocycles. The first-order valence-corrected chi connectivity index (χ1v) is 20.5. The molecule has 0 saturated carbocycles. The third-order valence-corrected chi connectivity index (χ3v) is 12.1. The van der Waals surface area contributed by atoms with Crippen molar-refractivity contribution in [2.75, 3.05) is 17.2 Å². The smallest absolute Gasteiger partial charge is 0.356 e. The molecule has 7 rings (SSSR count). The van der Waals surface area contributed by atoms with Crippen LogP contribution in [-0.2, 0) is 35.4 Å². The van der Waals surface area contributed by atoms with Gasteiger partial charge in [0, 0.05) is 22.6 Å². The lowest BCUT2D eigenvalue weighted by Gasteiger charge is -2.49. The van der Waals surface area contributed by atoms with Crippen LogP contribution in [0.25, 0.3) is 5.78 Å². The molecule has 7 N–H and O–H groups in total. The van der Waals surface area contributed by atoms with Gasteiger partial charge in [0.25, 0.3) is 23.5 Å². The number of carbonyl (C=O) groups excluding carboxylic acids is 4. The summed E-state index contributed by atoms with van der Waals surface area (Å²) < 4.78 is 7.82. The van der Waals surface area contributed by atoms with E-state index in [1.807, 2.05) is 79.1 Å². The number of nitrogens with two attached hydrogens (primary N) is 2. The Kier molecular flexibility index (Phi) is 13.2. The standard InChI is InChI=1S/C37H37N11O7S3.ClH/c1-19-14-25(48-36(40-19)42-24(15-49)45-48)56-16-22-17-57-32-27(43-30(50)26(23-18-58-35(38)41-23)46-55-37(2,3)34(53)44-39)31(51)47(32)28(22)33(52)54-29(20-10-6-4-7-11-20)21-12-8-5-9-13-21;/h4-14,18,27,29,32,49H,15-17,39H2,1-3H3,(H2,38,41)(H,43,50)(H,44,53);1H/t27?,32-;/m0./s1. The zero-order chi connectivity index (χ0) is 41.1. The molecule has 5 aromatic rings. The maximum Gasteiger partial charge on any atom is 0.356 e. The lowest BCUT2D eigenvalue weighted by molar-refractivity contribution is -0.154. The van der Waals surface area contributed by atoms with E-state index in [4.69, 9.17) is 21.2 Å². The maximum absolute atomic E-state index is 14.6. The van der Waals surface area contributed by atoms with Gasteiger partial charge in [0.2, 0.25) is 5.60 Å². The van der Waals surface area contributed by atoms with Crippen LogP contribution in [0.2, 0.25) is 0 Å². The average Bonchev–Trinajstić information content (AvgIpc) is 3.86. The highest BCUT2D eigenvalue weighted by molar-refractivity contribution is 8.01. The second-order valence-corrected chi connectivity index (χ2v) is 16.4. The van der Waals surface area contributed by atoms with Crippen LogP contribution in [0.15, 0.2) is 93.6 Å². The van der Waals surface area contributed by atoms with Gasteiger partial charge < -0.3 is 25.7 Å². The Morgan fingerprint density at radius 1 is 1.08 bits per heavy atom. The van der Waals surface area contributed by atoms with Gasteiger partial charge in [-0.3, -0.25) is 24.7 Å². The first-order chi connectivity index (χ1) is 27.9. The molecule has 0 aliphatic carbocycles. The first kappa shape index (κ1) is 43.0. The Hall–Kier alpha value is -5.58. The Balaban J connectivity index is 0.00000585. The number of aliphatic hydroxyl groups is 1. The van der Waals surface area contributed by atoms with Crippen LogP contribution in [-0.4, -0.2) is 92.5 Å². The summed E-state index contributed by atoms with van der Waals surface area (Å²) in [7, 11) is 0. The van der Waals surface area contributed by atoms with Crippen LogP contribution in [0.1, 0.15) is 48.3 Å². The Labute approximate surface area is 355 Å². The summed E-state index contributed by atoms with van der Waals surface area (Å²) in [4.78, 5) is 74.5. The van der Waals surface area contributed by atoms with Gasteiger partial charge in [-0.25, -0.2) is 20.6 Å². The van der Waals surface area contributed by atoms with Crippen molar-refractivity contribution in [1.82, 2.24) is 40.2 Å². The van der Waals surface area contributed by atoms with Crippen LogP contribution in [0.4, 0.5) is 5.13 Å². The molecule has 1 unspecified atom stereocenters. The summed E-state index contributed by atoms with van der Waals surface area (Å²) in [5.41, 5.74) is 8.76. The molecule has 18 nitrogen and oxygen atoms in total. The van der Waals surface area contributed by atoms with Crippen molar-refractivity contribution in [3.05, 3.63) is 112 Å². The molecule has 2 aliphatic rings. The number of carbonyl (C=O) groups is 4. The van der Waals surface area contributed by atoms with E-state index in [1.54, 1.807) is 0 Å². The summed E-state index contributed by atoms with van der Waals surface area (Å²) in [6, 6.07) is 19.3. The van der Waals surface area contributed by atoms with Gasteiger partial charge in [-0.1, -0.05) is 65.8 Å². The molecule has 59 heavy (non-hydrogen) atoms. The molecule has 1 saturated heterocycles. The number of β-lactam (4-membered cyclic amide) rings is 1. The number of benzene rings is 2. The van der Waals surface area contributed by atoms with Gasteiger partial charge in [0.05, 0.1) is 0 Å². The average molecular weight is 880 g/mol. The number of nitrogens with zero attached hydrogens (tertiary/aromatic N) is 7. The number of aliphatic hydroxyl groups excluding tert-OH is 1. The maximum atomic E-state index is 14.6. The largest absolute Gasteiger partial charge is 0.448 e. The summed E-state index contributed by atoms with van der Waals surface area (Å²) in [5.74, 6) is 3.49. The number of aromatic nitrogens is 5. The molecule has 2 atom stereocenters.